The Balaban J connectivity index is 1.50. The van der Waals surface area contributed by atoms with Crippen LogP contribution in [0.1, 0.15) is 17.2 Å². The van der Waals surface area contributed by atoms with Gasteiger partial charge in [-0.25, -0.2) is 13.2 Å². The minimum Gasteiger partial charge on any atom is -0.482 e. The van der Waals surface area contributed by atoms with Crippen molar-refractivity contribution in [2.45, 2.75) is 22.3 Å². The fourth-order valence-corrected chi connectivity index (χ4v) is 4.79. The van der Waals surface area contributed by atoms with Crippen molar-refractivity contribution in [3.63, 3.8) is 0 Å². The zero-order valence-corrected chi connectivity index (χ0v) is 21.0. The van der Waals surface area contributed by atoms with Crippen molar-refractivity contribution in [1.82, 2.24) is 5.32 Å². The fourth-order valence-electron chi connectivity index (χ4n) is 3.33. The van der Waals surface area contributed by atoms with E-state index in [1.165, 1.54) is 24.3 Å². The van der Waals surface area contributed by atoms with E-state index in [0.717, 1.165) is 11.1 Å². The Kier molecular flexibility index (Phi) is 10.3. The van der Waals surface area contributed by atoms with Gasteiger partial charge in [-0.05, 0) is 72.6 Å². The summed E-state index contributed by atoms with van der Waals surface area (Å²) in [7, 11) is -3.72. The summed E-state index contributed by atoms with van der Waals surface area (Å²) in [6.45, 7) is 0.254. The molecule has 0 aliphatic heterocycles. The first kappa shape index (κ1) is 27.6. The van der Waals surface area contributed by atoms with Gasteiger partial charge in [0.15, 0.2) is 6.61 Å². The smallest absolute Gasteiger partial charge is 0.344 e. The van der Waals surface area contributed by atoms with Crippen LogP contribution in [0.5, 0.6) is 5.75 Å². The van der Waals surface area contributed by atoms with Gasteiger partial charge in [0.1, 0.15) is 12.4 Å². The van der Waals surface area contributed by atoms with E-state index >= 15 is 0 Å². The van der Waals surface area contributed by atoms with Crippen LogP contribution in [-0.2, 0) is 25.8 Å². The molecule has 192 valence electrons. The van der Waals surface area contributed by atoms with Crippen molar-refractivity contribution < 1.29 is 32.9 Å². The lowest BCUT2D eigenvalue weighted by Crippen LogP contribution is -2.23. The summed E-state index contributed by atoms with van der Waals surface area (Å²) in [5.74, 6) is -0.313. The van der Waals surface area contributed by atoms with E-state index < -0.39 is 21.9 Å². The maximum atomic E-state index is 12.9. The normalized spacial score (nSPS) is 12.2. The van der Waals surface area contributed by atoms with Crippen molar-refractivity contribution in [3.05, 3.63) is 88.9 Å². The minimum atomic E-state index is -3.72. The molecule has 0 bridgehead atoms. The molecule has 3 aromatic carbocycles. The SMILES string of the molecule is O=C(COc1ccc(S(=O)(=O)c2ccc(CCNC[C@H](O)c3cccc(Cl)c3)cc2)cc1)OCCO. The second-order valence-electron chi connectivity index (χ2n) is 7.88. The molecule has 0 aliphatic rings. The second kappa shape index (κ2) is 13.4. The van der Waals surface area contributed by atoms with Crippen LogP contribution in [0, 0.1) is 0 Å². The average molecular weight is 534 g/mol. The number of halogens is 1. The molecule has 0 saturated carbocycles. The Morgan fingerprint density at radius 3 is 2.31 bits per heavy atom. The standard InChI is InChI=1S/C26H28ClNO7S/c27-21-3-1-2-20(16-21)25(30)17-28-13-12-19-4-8-23(9-5-19)36(32,33)24-10-6-22(7-11-24)35-18-26(31)34-15-14-29/h1-11,16,25,28-30H,12-15,17-18H2/t25-/m0/s1. The molecule has 3 N–H and O–H groups in total. The first-order valence-electron chi connectivity index (χ1n) is 11.3. The number of esters is 1. The summed E-state index contributed by atoms with van der Waals surface area (Å²) in [5.41, 5.74) is 1.69. The molecule has 0 heterocycles. The summed E-state index contributed by atoms with van der Waals surface area (Å²) < 4.78 is 35.9. The first-order chi connectivity index (χ1) is 17.3. The molecule has 1 atom stereocenters. The molecule has 0 saturated heterocycles. The van der Waals surface area contributed by atoms with E-state index in [0.29, 0.717) is 30.3 Å². The van der Waals surface area contributed by atoms with Crippen molar-refractivity contribution in [1.29, 1.82) is 0 Å². The molecule has 0 radical (unpaired) electrons. The summed E-state index contributed by atoms with van der Waals surface area (Å²) in [5, 5.41) is 22.7. The van der Waals surface area contributed by atoms with Crippen molar-refractivity contribution in [3.8, 4) is 5.75 Å². The van der Waals surface area contributed by atoms with E-state index in [1.807, 2.05) is 6.07 Å². The lowest BCUT2D eigenvalue weighted by Gasteiger charge is -2.13. The number of carbonyl (C=O) groups is 1. The Labute approximate surface area is 215 Å². The van der Waals surface area contributed by atoms with Gasteiger partial charge in [0.2, 0.25) is 9.84 Å². The van der Waals surface area contributed by atoms with Gasteiger partial charge in [-0.1, -0.05) is 35.9 Å². The van der Waals surface area contributed by atoms with Crippen LogP contribution in [0.15, 0.2) is 82.6 Å². The molecule has 10 heteroatoms. The van der Waals surface area contributed by atoms with Gasteiger partial charge in [0.05, 0.1) is 22.5 Å². The molecule has 0 spiro atoms. The van der Waals surface area contributed by atoms with Crippen LogP contribution in [0.25, 0.3) is 0 Å². The molecule has 3 aromatic rings. The predicted octanol–water partition coefficient (Wildman–Crippen LogP) is 2.95. The molecular weight excluding hydrogens is 506 g/mol. The maximum Gasteiger partial charge on any atom is 0.344 e. The third-order valence-electron chi connectivity index (χ3n) is 5.24. The van der Waals surface area contributed by atoms with Crippen LogP contribution in [0.4, 0.5) is 0 Å². The number of carbonyl (C=O) groups excluding carboxylic acids is 1. The highest BCUT2D eigenvalue weighted by molar-refractivity contribution is 7.91. The zero-order chi connectivity index (χ0) is 26.0. The number of aliphatic hydroxyl groups is 2. The lowest BCUT2D eigenvalue weighted by atomic mass is 10.1. The molecule has 0 amide bonds. The number of rotatable bonds is 13. The van der Waals surface area contributed by atoms with Crippen molar-refractivity contribution in [2.75, 3.05) is 32.9 Å². The van der Waals surface area contributed by atoms with E-state index in [1.54, 1.807) is 42.5 Å². The first-order valence-corrected chi connectivity index (χ1v) is 13.1. The van der Waals surface area contributed by atoms with Crippen LogP contribution in [0.3, 0.4) is 0 Å². The van der Waals surface area contributed by atoms with Gasteiger partial charge >= 0.3 is 5.97 Å². The largest absolute Gasteiger partial charge is 0.482 e. The maximum absolute atomic E-state index is 12.9. The lowest BCUT2D eigenvalue weighted by molar-refractivity contribution is -0.146. The fraction of sp³-hybridized carbons (Fsp3) is 0.269. The quantitative estimate of drug-likeness (QED) is 0.226. The number of nitrogens with one attached hydrogen (secondary N) is 1. The molecule has 0 aliphatic carbocycles. The zero-order valence-electron chi connectivity index (χ0n) is 19.5. The van der Waals surface area contributed by atoms with Crippen molar-refractivity contribution >= 4 is 27.4 Å². The molecule has 3 rings (SSSR count). The number of sulfone groups is 1. The van der Waals surface area contributed by atoms with Crippen LogP contribution < -0.4 is 10.1 Å². The molecule has 0 aromatic heterocycles. The van der Waals surface area contributed by atoms with E-state index in [4.69, 9.17) is 26.2 Å². The van der Waals surface area contributed by atoms with Crippen LogP contribution in [-0.4, -0.2) is 57.5 Å². The van der Waals surface area contributed by atoms with Gasteiger partial charge in [-0.3, -0.25) is 0 Å². The summed E-state index contributed by atoms with van der Waals surface area (Å²) in [6, 6.07) is 19.5. The van der Waals surface area contributed by atoms with E-state index in [2.05, 4.69) is 5.32 Å². The van der Waals surface area contributed by atoms with Crippen LogP contribution in [0.2, 0.25) is 5.02 Å². The minimum absolute atomic E-state index is 0.0992. The highest BCUT2D eigenvalue weighted by atomic mass is 35.5. The second-order valence-corrected chi connectivity index (χ2v) is 10.3. The number of aliphatic hydroxyl groups excluding tert-OH is 2. The molecule has 36 heavy (non-hydrogen) atoms. The highest BCUT2D eigenvalue weighted by Crippen LogP contribution is 2.24. The van der Waals surface area contributed by atoms with E-state index in [9.17, 15) is 18.3 Å². The summed E-state index contributed by atoms with van der Waals surface area (Å²) in [4.78, 5) is 11.7. The summed E-state index contributed by atoms with van der Waals surface area (Å²) in [6.07, 6.45) is -0.0110. The number of benzene rings is 3. The molecule has 8 nitrogen and oxygen atoms in total. The number of hydrogen-bond acceptors (Lipinski definition) is 8. The summed E-state index contributed by atoms with van der Waals surface area (Å²) >= 11 is 5.96. The topological polar surface area (TPSA) is 122 Å². The third kappa shape index (κ3) is 8.04. The Morgan fingerprint density at radius 2 is 1.67 bits per heavy atom. The van der Waals surface area contributed by atoms with Gasteiger partial charge in [0.25, 0.3) is 0 Å². The molecular formula is C26H28ClNO7S. The Morgan fingerprint density at radius 1 is 1.00 bits per heavy atom. The highest BCUT2D eigenvalue weighted by Gasteiger charge is 2.18. The number of hydrogen-bond donors (Lipinski definition) is 3. The van der Waals surface area contributed by atoms with Crippen LogP contribution >= 0.6 is 11.6 Å². The number of ether oxygens (including phenoxy) is 2. The predicted molar refractivity (Wildman–Crippen MR) is 135 cm³/mol. The van der Waals surface area contributed by atoms with Gasteiger partial charge < -0.3 is 25.0 Å². The average Bonchev–Trinajstić information content (AvgIpc) is 2.89. The molecule has 0 fully saturated rings. The van der Waals surface area contributed by atoms with Gasteiger partial charge in [0, 0.05) is 11.6 Å². The van der Waals surface area contributed by atoms with Gasteiger partial charge in [-0.15, -0.1) is 0 Å². The molecule has 0 unspecified atom stereocenters. The Bertz CT molecular complexity index is 1230. The third-order valence-corrected chi connectivity index (χ3v) is 7.26. The van der Waals surface area contributed by atoms with Gasteiger partial charge in [-0.2, -0.15) is 0 Å². The Hall–Kier alpha value is -2.95. The van der Waals surface area contributed by atoms with Crippen molar-refractivity contribution in [2.24, 2.45) is 0 Å². The monoisotopic (exact) mass is 533 g/mol. The van der Waals surface area contributed by atoms with E-state index in [-0.39, 0.29) is 29.6 Å².